The molecule has 0 aliphatic carbocycles. The highest BCUT2D eigenvalue weighted by Gasteiger charge is 2.19. The molecule has 5 aromatic rings. The first-order chi connectivity index (χ1) is 16.9. The van der Waals surface area contributed by atoms with Gasteiger partial charge < -0.3 is 11.1 Å². The molecule has 4 N–H and O–H groups in total. The zero-order chi connectivity index (χ0) is 24.4. The smallest absolute Gasteiger partial charge is 0.263 e. The maximum absolute atomic E-state index is 13.1. The van der Waals surface area contributed by atoms with Gasteiger partial charge in [-0.05, 0) is 66.6 Å². The predicted molar refractivity (Wildman–Crippen MR) is 141 cm³/mol. The summed E-state index contributed by atoms with van der Waals surface area (Å²) >= 11 is 0. The molecule has 0 saturated heterocycles. The molecule has 4 aromatic carbocycles. The molecule has 174 valence electrons. The Morgan fingerprint density at radius 3 is 1.83 bits per heavy atom. The van der Waals surface area contributed by atoms with Gasteiger partial charge in [0.15, 0.2) is 11.6 Å². The summed E-state index contributed by atoms with van der Waals surface area (Å²) in [4.78, 5) is 9.33. The number of aromatic nitrogens is 2. The third kappa shape index (κ3) is 4.92. The Morgan fingerprint density at radius 2 is 1.23 bits per heavy atom. The van der Waals surface area contributed by atoms with E-state index in [9.17, 15) is 8.42 Å². The lowest BCUT2D eigenvalue weighted by atomic mass is 10.1. The Kier molecular flexibility index (Phi) is 5.80. The van der Waals surface area contributed by atoms with E-state index < -0.39 is 10.0 Å². The third-order valence-electron chi connectivity index (χ3n) is 5.52. The Labute approximate surface area is 203 Å². The van der Waals surface area contributed by atoms with Crippen LogP contribution in [0.15, 0.2) is 102 Å². The number of nitrogens with one attached hydrogen (secondary N) is 2. The van der Waals surface area contributed by atoms with Crippen LogP contribution in [0, 0.1) is 6.92 Å². The summed E-state index contributed by atoms with van der Waals surface area (Å²) in [5.74, 6) is 0.423. The topological polar surface area (TPSA) is 110 Å². The van der Waals surface area contributed by atoms with E-state index in [4.69, 9.17) is 5.73 Å². The molecule has 0 atom stereocenters. The number of fused-ring (bicyclic) bond motifs is 1. The molecule has 8 heteroatoms. The van der Waals surface area contributed by atoms with Gasteiger partial charge in [-0.2, -0.15) is 0 Å². The lowest BCUT2D eigenvalue weighted by Gasteiger charge is -2.14. The molecule has 1 heterocycles. The van der Waals surface area contributed by atoms with Gasteiger partial charge in [-0.1, -0.05) is 54.1 Å². The third-order valence-corrected chi connectivity index (χ3v) is 6.88. The molecular formula is C27H23N5O2S. The summed E-state index contributed by atoms with van der Waals surface area (Å²) in [5.41, 5.74) is 11.5. The molecule has 0 fully saturated rings. The minimum Gasteiger partial charge on any atom is -0.399 e. The molecule has 7 nitrogen and oxygen atoms in total. The Hall–Kier alpha value is -4.43. The number of para-hydroxylation sites is 2. The first kappa shape index (κ1) is 22.4. The van der Waals surface area contributed by atoms with Gasteiger partial charge in [0.2, 0.25) is 0 Å². The largest absolute Gasteiger partial charge is 0.399 e. The predicted octanol–water partition coefficient (Wildman–Crippen LogP) is 5.73. The van der Waals surface area contributed by atoms with Gasteiger partial charge in [0, 0.05) is 11.4 Å². The second kappa shape index (κ2) is 9.08. The van der Waals surface area contributed by atoms with Crippen LogP contribution in [0.2, 0.25) is 0 Å². The van der Waals surface area contributed by atoms with Crippen molar-refractivity contribution in [1.82, 2.24) is 9.97 Å². The minimum absolute atomic E-state index is 0.117. The highest BCUT2D eigenvalue weighted by molar-refractivity contribution is 7.92. The summed E-state index contributed by atoms with van der Waals surface area (Å²) in [6, 6.07) is 29.3. The second-order valence-electron chi connectivity index (χ2n) is 8.15. The molecule has 0 amide bonds. The Bertz CT molecular complexity index is 1600. The summed E-state index contributed by atoms with van der Waals surface area (Å²) in [6.07, 6.45) is 0. The molecule has 0 aliphatic rings. The lowest BCUT2D eigenvalue weighted by Crippen LogP contribution is -2.16. The maximum Gasteiger partial charge on any atom is 0.263 e. The molecule has 35 heavy (non-hydrogen) atoms. The van der Waals surface area contributed by atoms with Gasteiger partial charge in [-0.25, -0.2) is 18.4 Å². The van der Waals surface area contributed by atoms with Crippen LogP contribution in [0.3, 0.4) is 0 Å². The fourth-order valence-electron chi connectivity index (χ4n) is 3.62. The number of sulfonamides is 1. The Morgan fingerprint density at radius 1 is 0.686 bits per heavy atom. The highest BCUT2D eigenvalue weighted by Crippen LogP contribution is 2.29. The Balaban J connectivity index is 1.49. The first-order valence-electron chi connectivity index (χ1n) is 11.0. The summed E-state index contributed by atoms with van der Waals surface area (Å²) in [7, 11) is -3.86. The second-order valence-corrected chi connectivity index (χ2v) is 9.83. The van der Waals surface area contributed by atoms with Crippen LogP contribution in [0.1, 0.15) is 5.56 Å². The fraction of sp³-hybridized carbons (Fsp3) is 0.0370. The van der Waals surface area contributed by atoms with Crippen LogP contribution in [0.5, 0.6) is 0 Å². The van der Waals surface area contributed by atoms with Crippen LogP contribution < -0.4 is 15.8 Å². The number of hydrogen-bond donors (Lipinski definition) is 3. The number of rotatable bonds is 6. The van der Waals surface area contributed by atoms with Crippen molar-refractivity contribution in [2.24, 2.45) is 0 Å². The van der Waals surface area contributed by atoms with Crippen molar-refractivity contribution in [3.05, 3.63) is 103 Å². The van der Waals surface area contributed by atoms with E-state index >= 15 is 0 Å². The van der Waals surface area contributed by atoms with Crippen molar-refractivity contribution in [1.29, 1.82) is 0 Å². The number of nitrogen functional groups attached to an aromatic ring is 1. The van der Waals surface area contributed by atoms with Crippen molar-refractivity contribution in [2.45, 2.75) is 11.8 Å². The van der Waals surface area contributed by atoms with E-state index in [-0.39, 0.29) is 10.7 Å². The van der Waals surface area contributed by atoms with Crippen LogP contribution >= 0.6 is 0 Å². The molecule has 1 aromatic heterocycles. The molecule has 0 radical (unpaired) electrons. The van der Waals surface area contributed by atoms with Crippen molar-refractivity contribution >= 4 is 44.1 Å². The van der Waals surface area contributed by atoms with Crippen LogP contribution in [-0.4, -0.2) is 18.4 Å². The standard InChI is InChI=1S/C27H23N5O2S/c1-18-6-16-23(17-7-18)35(33,34)32-27-26(30-24-4-2-3-5-25(24)31-27)29-22-14-10-20(11-15-22)19-8-12-21(28)13-9-19/h2-17H,28H2,1H3,(H,29,30)(H,31,32). The molecule has 0 spiro atoms. The average molecular weight is 482 g/mol. The van der Waals surface area contributed by atoms with E-state index in [0.717, 1.165) is 22.4 Å². The molecule has 5 rings (SSSR count). The summed E-state index contributed by atoms with van der Waals surface area (Å²) in [5, 5.41) is 3.22. The van der Waals surface area contributed by atoms with E-state index in [2.05, 4.69) is 20.0 Å². The van der Waals surface area contributed by atoms with Crippen molar-refractivity contribution < 1.29 is 8.42 Å². The number of aryl methyl sites for hydroxylation is 1. The monoisotopic (exact) mass is 481 g/mol. The van der Waals surface area contributed by atoms with Gasteiger partial charge in [0.05, 0.1) is 15.9 Å². The van der Waals surface area contributed by atoms with Crippen molar-refractivity contribution in [3.63, 3.8) is 0 Å². The maximum atomic E-state index is 13.1. The van der Waals surface area contributed by atoms with Gasteiger partial charge in [0.25, 0.3) is 10.0 Å². The normalized spacial score (nSPS) is 11.3. The zero-order valence-corrected chi connectivity index (χ0v) is 19.8. The fourth-order valence-corrected chi connectivity index (χ4v) is 4.63. The SMILES string of the molecule is Cc1ccc(S(=O)(=O)Nc2nc3ccccc3nc2Nc2ccc(-c3ccc(N)cc3)cc2)cc1. The van der Waals surface area contributed by atoms with Crippen molar-refractivity contribution in [2.75, 3.05) is 15.8 Å². The average Bonchev–Trinajstić information content (AvgIpc) is 2.85. The van der Waals surface area contributed by atoms with Crippen LogP contribution in [0.4, 0.5) is 23.0 Å². The van der Waals surface area contributed by atoms with Gasteiger partial charge >= 0.3 is 0 Å². The van der Waals surface area contributed by atoms with Gasteiger partial charge in [-0.3, -0.25) is 4.72 Å². The number of anilines is 4. The number of nitrogens with two attached hydrogens (primary N) is 1. The quantitative estimate of drug-likeness (QED) is 0.267. The van der Waals surface area contributed by atoms with E-state index in [1.165, 1.54) is 0 Å². The summed E-state index contributed by atoms with van der Waals surface area (Å²) < 4.78 is 28.7. The molecule has 0 saturated carbocycles. The van der Waals surface area contributed by atoms with E-state index in [1.807, 2.05) is 73.7 Å². The first-order valence-corrected chi connectivity index (χ1v) is 12.4. The highest BCUT2D eigenvalue weighted by atomic mass is 32.2. The van der Waals surface area contributed by atoms with E-state index in [1.54, 1.807) is 30.3 Å². The molecule has 0 bridgehead atoms. The molecule has 0 unspecified atom stereocenters. The summed E-state index contributed by atoms with van der Waals surface area (Å²) in [6.45, 7) is 1.90. The molecular weight excluding hydrogens is 458 g/mol. The van der Waals surface area contributed by atoms with Crippen molar-refractivity contribution in [3.8, 4) is 11.1 Å². The van der Waals surface area contributed by atoms with Gasteiger partial charge in [0.1, 0.15) is 0 Å². The lowest BCUT2D eigenvalue weighted by molar-refractivity contribution is 0.601. The molecule has 0 aliphatic heterocycles. The van der Waals surface area contributed by atoms with Gasteiger partial charge in [-0.15, -0.1) is 0 Å². The number of hydrogen-bond acceptors (Lipinski definition) is 6. The van der Waals surface area contributed by atoms with Crippen LogP contribution in [-0.2, 0) is 10.0 Å². The van der Waals surface area contributed by atoms with E-state index in [0.29, 0.717) is 22.5 Å². The van der Waals surface area contributed by atoms with Crippen LogP contribution in [0.25, 0.3) is 22.2 Å². The zero-order valence-electron chi connectivity index (χ0n) is 18.9. The number of nitrogens with zero attached hydrogens (tertiary/aromatic N) is 2. The minimum atomic E-state index is -3.86. The number of benzene rings is 4.